The Hall–Kier alpha value is -0.860. The first kappa shape index (κ1) is 16.5. The average Bonchev–Trinajstić information content (AvgIpc) is 2.46. The number of hydrogen-bond donors (Lipinski definition) is 1. The quantitative estimate of drug-likeness (QED) is 0.833. The minimum atomic E-state index is 0.226. The zero-order valence-corrected chi connectivity index (χ0v) is 14.1. The molecule has 1 aromatic carbocycles. The number of rotatable bonds is 6. The molecule has 2 rings (SSSR count). The summed E-state index contributed by atoms with van der Waals surface area (Å²) in [7, 11) is 0. The predicted octanol–water partition coefficient (Wildman–Crippen LogP) is 4.49. The maximum absolute atomic E-state index is 6.33. The molecule has 1 N–H and O–H groups in total. The van der Waals surface area contributed by atoms with Crippen LogP contribution in [0.3, 0.4) is 0 Å². The van der Waals surface area contributed by atoms with Crippen LogP contribution in [0.2, 0.25) is 0 Å². The van der Waals surface area contributed by atoms with Gasteiger partial charge in [0, 0.05) is 6.04 Å². The van der Waals surface area contributed by atoms with Crippen molar-refractivity contribution in [3.05, 3.63) is 35.4 Å². The summed E-state index contributed by atoms with van der Waals surface area (Å²) in [5, 5.41) is 3.65. The van der Waals surface area contributed by atoms with Crippen LogP contribution in [0.1, 0.15) is 64.2 Å². The van der Waals surface area contributed by atoms with Crippen LogP contribution in [0.4, 0.5) is 0 Å². The Morgan fingerprint density at radius 3 is 2.76 bits per heavy atom. The zero-order valence-electron chi connectivity index (χ0n) is 14.1. The Bertz CT molecular complexity index is 435. The number of benzene rings is 1. The lowest BCUT2D eigenvalue weighted by Gasteiger charge is -2.34. The molecule has 21 heavy (non-hydrogen) atoms. The van der Waals surface area contributed by atoms with Gasteiger partial charge in [-0.25, -0.2) is 0 Å². The largest absolute Gasteiger partial charge is 0.372 e. The van der Waals surface area contributed by atoms with Crippen molar-refractivity contribution in [1.29, 1.82) is 0 Å². The molecular formula is C19H31NO. The van der Waals surface area contributed by atoms with E-state index in [2.05, 4.69) is 57.3 Å². The Morgan fingerprint density at radius 1 is 1.29 bits per heavy atom. The van der Waals surface area contributed by atoms with Crippen LogP contribution in [0.25, 0.3) is 0 Å². The van der Waals surface area contributed by atoms with Crippen LogP contribution in [0.5, 0.6) is 0 Å². The summed E-state index contributed by atoms with van der Waals surface area (Å²) in [6.07, 6.45) is 5.04. The van der Waals surface area contributed by atoms with E-state index in [1.165, 1.54) is 30.4 Å². The molecule has 2 heteroatoms. The number of nitrogens with one attached hydrogen (secondary N) is 1. The fourth-order valence-electron chi connectivity index (χ4n) is 3.03. The van der Waals surface area contributed by atoms with Gasteiger partial charge in [-0.3, -0.25) is 0 Å². The first-order chi connectivity index (χ1) is 10.0. The zero-order chi connectivity index (χ0) is 15.3. The van der Waals surface area contributed by atoms with E-state index in [1.807, 2.05) is 0 Å². The highest BCUT2D eigenvalue weighted by Crippen LogP contribution is 2.33. The van der Waals surface area contributed by atoms with Crippen molar-refractivity contribution < 1.29 is 4.74 Å². The third kappa shape index (κ3) is 4.55. The second-order valence-electron chi connectivity index (χ2n) is 7.29. The predicted molar refractivity (Wildman–Crippen MR) is 89.6 cm³/mol. The van der Waals surface area contributed by atoms with Gasteiger partial charge in [0.05, 0.1) is 12.7 Å². The van der Waals surface area contributed by atoms with Crippen LogP contribution in [0.15, 0.2) is 24.3 Å². The first-order valence-corrected chi connectivity index (χ1v) is 8.45. The smallest absolute Gasteiger partial charge is 0.0828 e. The molecule has 0 aromatic heterocycles. The second-order valence-corrected chi connectivity index (χ2v) is 7.29. The van der Waals surface area contributed by atoms with Crippen LogP contribution in [-0.2, 0) is 11.2 Å². The number of fused-ring (bicyclic) bond motifs is 1. The van der Waals surface area contributed by atoms with Crippen molar-refractivity contribution in [3.8, 4) is 0 Å². The summed E-state index contributed by atoms with van der Waals surface area (Å²) in [4.78, 5) is 0. The molecule has 0 amide bonds. The highest BCUT2D eigenvalue weighted by atomic mass is 16.5. The van der Waals surface area contributed by atoms with E-state index in [0.29, 0.717) is 6.04 Å². The summed E-state index contributed by atoms with van der Waals surface area (Å²) < 4.78 is 6.33. The topological polar surface area (TPSA) is 21.3 Å². The summed E-state index contributed by atoms with van der Waals surface area (Å²) in [6, 6.07) is 9.18. The Morgan fingerprint density at radius 2 is 2.05 bits per heavy atom. The molecule has 1 aromatic rings. The third-order valence-corrected chi connectivity index (χ3v) is 4.46. The molecule has 0 heterocycles. The Kier molecular flexibility index (Phi) is 5.83. The molecule has 2 nitrogen and oxygen atoms in total. The van der Waals surface area contributed by atoms with Crippen molar-refractivity contribution >= 4 is 0 Å². The summed E-state index contributed by atoms with van der Waals surface area (Å²) >= 11 is 0. The van der Waals surface area contributed by atoms with Gasteiger partial charge in [-0.15, -0.1) is 0 Å². The molecule has 0 spiro atoms. The summed E-state index contributed by atoms with van der Waals surface area (Å²) in [5.41, 5.74) is 3.11. The van der Waals surface area contributed by atoms with Crippen molar-refractivity contribution in [2.45, 2.75) is 65.5 Å². The van der Waals surface area contributed by atoms with Crippen LogP contribution in [0, 0.1) is 5.41 Å². The lowest BCUT2D eigenvalue weighted by molar-refractivity contribution is 0.00706. The van der Waals surface area contributed by atoms with Crippen molar-refractivity contribution in [1.82, 2.24) is 5.32 Å². The molecule has 118 valence electrons. The van der Waals surface area contributed by atoms with Gasteiger partial charge in [-0.1, -0.05) is 52.0 Å². The first-order valence-electron chi connectivity index (χ1n) is 8.45. The maximum Gasteiger partial charge on any atom is 0.0828 e. The van der Waals surface area contributed by atoms with E-state index in [0.717, 1.165) is 19.6 Å². The standard InChI is InChI=1S/C19H31NO/c1-5-13-20-18(19(2,3)4)14-21-17-12-8-10-15-9-6-7-11-16(15)17/h6-7,9,11,17-18,20H,5,8,10,12-14H2,1-4H3. The van der Waals surface area contributed by atoms with E-state index in [4.69, 9.17) is 4.74 Å². The van der Waals surface area contributed by atoms with Crippen LogP contribution < -0.4 is 5.32 Å². The van der Waals surface area contributed by atoms with Gasteiger partial charge in [0.15, 0.2) is 0 Å². The lowest BCUT2D eigenvalue weighted by atomic mass is 9.86. The lowest BCUT2D eigenvalue weighted by Crippen LogP contribution is -2.44. The highest BCUT2D eigenvalue weighted by Gasteiger charge is 2.27. The van der Waals surface area contributed by atoms with Gasteiger partial charge in [-0.05, 0) is 48.8 Å². The van der Waals surface area contributed by atoms with E-state index in [9.17, 15) is 0 Å². The minimum Gasteiger partial charge on any atom is -0.372 e. The fourth-order valence-corrected chi connectivity index (χ4v) is 3.03. The van der Waals surface area contributed by atoms with Crippen LogP contribution >= 0.6 is 0 Å². The monoisotopic (exact) mass is 289 g/mol. The van der Waals surface area contributed by atoms with Crippen molar-refractivity contribution in [2.24, 2.45) is 5.41 Å². The second kappa shape index (κ2) is 7.42. The van der Waals surface area contributed by atoms with E-state index in [1.54, 1.807) is 0 Å². The number of aryl methyl sites for hydroxylation is 1. The molecule has 1 aliphatic carbocycles. The Labute approximate surface area is 130 Å². The normalized spacial score (nSPS) is 20.1. The molecule has 0 fully saturated rings. The van der Waals surface area contributed by atoms with Gasteiger partial charge in [-0.2, -0.15) is 0 Å². The third-order valence-electron chi connectivity index (χ3n) is 4.46. The Balaban J connectivity index is 1.98. The minimum absolute atomic E-state index is 0.226. The van der Waals surface area contributed by atoms with Gasteiger partial charge in [0.2, 0.25) is 0 Å². The maximum atomic E-state index is 6.33. The molecular weight excluding hydrogens is 258 g/mol. The fraction of sp³-hybridized carbons (Fsp3) is 0.684. The van der Waals surface area contributed by atoms with Gasteiger partial charge in [0.1, 0.15) is 0 Å². The average molecular weight is 289 g/mol. The van der Waals surface area contributed by atoms with Crippen LogP contribution in [-0.4, -0.2) is 19.2 Å². The van der Waals surface area contributed by atoms with Gasteiger partial charge in [0.25, 0.3) is 0 Å². The SMILES string of the molecule is CCCNC(COC1CCCc2ccccc21)C(C)(C)C. The van der Waals surface area contributed by atoms with E-state index >= 15 is 0 Å². The molecule has 2 atom stereocenters. The van der Waals surface area contributed by atoms with Crippen molar-refractivity contribution in [3.63, 3.8) is 0 Å². The molecule has 1 aliphatic rings. The van der Waals surface area contributed by atoms with E-state index < -0.39 is 0 Å². The van der Waals surface area contributed by atoms with Gasteiger partial charge < -0.3 is 10.1 Å². The molecule has 0 radical (unpaired) electrons. The molecule has 0 saturated heterocycles. The molecule has 0 saturated carbocycles. The summed E-state index contributed by atoms with van der Waals surface area (Å²) in [6.45, 7) is 10.9. The molecule has 2 unspecified atom stereocenters. The van der Waals surface area contributed by atoms with E-state index in [-0.39, 0.29) is 11.5 Å². The number of ether oxygens (including phenoxy) is 1. The van der Waals surface area contributed by atoms with Gasteiger partial charge >= 0.3 is 0 Å². The summed E-state index contributed by atoms with van der Waals surface area (Å²) in [5.74, 6) is 0. The number of hydrogen-bond acceptors (Lipinski definition) is 2. The van der Waals surface area contributed by atoms with Crippen molar-refractivity contribution in [2.75, 3.05) is 13.2 Å². The molecule has 0 bridgehead atoms. The molecule has 0 aliphatic heterocycles. The highest BCUT2D eigenvalue weighted by molar-refractivity contribution is 5.31.